The highest BCUT2D eigenvalue weighted by Crippen LogP contribution is 2.30. The zero-order chi connectivity index (χ0) is 11.5. The van der Waals surface area contributed by atoms with Gasteiger partial charge in [-0.25, -0.2) is 0 Å². The Morgan fingerprint density at radius 2 is 2.12 bits per heavy atom. The van der Waals surface area contributed by atoms with Crippen molar-refractivity contribution in [3.05, 3.63) is 23.8 Å². The van der Waals surface area contributed by atoms with Gasteiger partial charge in [-0.3, -0.25) is 4.79 Å². The second-order valence-electron chi connectivity index (χ2n) is 3.90. The number of carbonyl (C=O) groups excluding carboxylic acids is 1. The van der Waals surface area contributed by atoms with Crippen LogP contribution >= 0.6 is 0 Å². The molecule has 1 aromatic rings. The van der Waals surface area contributed by atoms with Gasteiger partial charge in [0, 0.05) is 0 Å². The van der Waals surface area contributed by atoms with Crippen LogP contribution in [0.5, 0.6) is 0 Å². The fourth-order valence-corrected chi connectivity index (χ4v) is 1.80. The highest BCUT2D eigenvalue weighted by molar-refractivity contribution is 5.78. The van der Waals surface area contributed by atoms with Gasteiger partial charge in [-0.15, -0.1) is 0 Å². The molecule has 4 nitrogen and oxygen atoms in total. The molecule has 0 amide bonds. The number of hydrogen-bond donors (Lipinski definition) is 2. The molecule has 1 aliphatic rings. The minimum absolute atomic E-state index is 0.0594. The standard InChI is InChI=1S/C12H16N2O2/c1-3-16-12(15)7-11-13-9-5-4-8(2)6-10(9)14-11/h4-6,11,13-14H,3,7H2,1-2H3. The van der Waals surface area contributed by atoms with Crippen LogP contribution in [0.4, 0.5) is 11.4 Å². The predicted molar refractivity (Wildman–Crippen MR) is 63.5 cm³/mol. The topological polar surface area (TPSA) is 50.4 Å². The SMILES string of the molecule is CCOC(=O)CC1Nc2ccc(C)cc2N1. The lowest BCUT2D eigenvalue weighted by Gasteiger charge is -2.10. The Labute approximate surface area is 95.0 Å². The number of nitrogens with one attached hydrogen (secondary N) is 2. The minimum Gasteiger partial charge on any atom is -0.466 e. The number of fused-ring (bicyclic) bond motifs is 1. The Morgan fingerprint density at radius 3 is 2.88 bits per heavy atom. The average Bonchev–Trinajstić information content (AvgIpc) is 2.59. The number of carbonyl (C=O) groups is 1. The van der Waals surface area contributed by atoms with Gasteiger partial charge in [0.15, 0.2) is 0 Å². The summed E-state index contributed by atoms with van der Waals surface area (Å²) >= 11 is 0. The molecule has 0 saturated carbocycles. The summed E-state index contributed by atoms with van der Waals surface area (Å²) < 4.78 is 4.91. The van der Waals surface area contributed by atoms with Crippen LogP contribution < -0.4 is 10.6 Å². The maximum absolute atomic E-state index is 11.3. The molecule has 1 unspecified atom stereocenters. The molecule has 0 bridgehead atoms. The first-order valence-corrected chi connectivity index (χ1v) is 5.48. The smallest absolute Gasteiger partial charge is 0.309 e. The van der Waals surface area contributed by atoms with Gasteiger partial charge in [-0.2, -0.15) is 0 Å². The first-order chi connectivity index (χ1) is 7.69. The van der Waals surface area contributed by atoms with Crippen LogP contribution in [0, 0.1) is 6.92 Å². The monoisotopic (exact) mass is 220 g/mol. The summed E-state index contributed by atoms with van der Waals surface area (Å²) in [6.07, 6.45) is 0.275. The molecule has 1 atom stereocenters. The Bertz CT molecular complexity index is 404. The van der Waals surface area contributed by atoms with Crippen LogP contribution in [0.1, 0.15) is 18.9 Å². The number of benzene rings is 1. The van der Waals surface area contributed by atoms with Crippen LogP contribution in [0.25, 0.3) is 0 Å². The van der Waals surface area contributed by atoms with E-state index in [-0.39, 0.29) is 12.1 Å². The molecule has 1 aliphatic heterocycles. The van der Waals surface area contributed by atoms with E-state index in [1.54, 1.807) is 0 Å². The van der Waals surface area contributed by atoms with Crippen LogP contribution in [0.2, 0.25) is 0 Å². The van der Waals surface area contributed by atoms with Crippen LogP contribution in [0.15, 0.2) is 18.2 Å². The molecular formula is C12H16N2O2. The molecule has 0 fully saturated rings. The summed E-state index contributed by atoms with van der Waals surface area (Å²) in [6.45, 7) is 4.28. The molecule has 0 radical (unpaired) electrons. The first kappa shape index (κ1) is 10.8. The molecule has 2 N–H and O–H groups in total. The van der Waals surface area contributed by atoms with Gasteiger partial charge >= 0.3 is 5.97 Å². The molecule has 2 rings (SSSR count). The molecule has 0 aromatic heterocycles. The largest absolute Gasteiger partial charge is 0.466 e. The number of esters is 1. The van der Waals surface area contributed by atoms with E-state index >= 15 is 0 Å². The number of hydrogen-bond acceptors (Lipinski definition) is 4. The molecular weight excluding hydrogens is 204 g/mol. The quantitative estimate of drug-likeness (QED) is 0.766. The van der Waals surface area contributed by atoms with Crippen molar-refractivity contribution in [2.45, 2.75) is 26.4 Å². The Balaban J connectivity index is 1.97. The summed E-state index contributed by atoms with van der Waals surface area (Å²) in [5, 5.41) is 6.49. The van der Waals surface area contributed by atoms with E-state index in [1.165, 1.54) is 5.56 Å². The van der Waals surface area contributed by atoms with Gasteiger partial charge in [-0.1, -0.05) is 6.07 Å². The lowest BCUT2D eigenvalue weighted by Crippen LogP contribution is -2.26. The summed E-state index contributed by atoms with van der Waals surface area (Å²) in [5.41, 5.74) is 3.29. The van der Waals surface area contributed by atoms with Gasteiger partial charge < -0.3 is 15.4 Å². The maximum atomic E-state index is 11.3. The highest BCUT2D eigenvalue weighted by atomic mass is 16.5. The normalized spacial score (nSPS) is 17.2. The summed E-state index contributed by atoms with van der Waals surface area (Å²) in [4.78, 5) is 11.3. The van der Waals surface area contributed by atoms with Crippen LogP contribution in [-0.4, -0.2) is 18.7 Å². The molecule has 1 heterocycles. The summed E-state index contributed by atoms with van der Waals surface area (Å²) in [7, 11) is 0. The van der Waals surface area contributed by atoms with E-state index < -0.39 is 0 Å². The van der Waals surface area contributed by atoms with Crippen LogP contribution in [-0.2, 0) is 9.53 Å². The Morgan fingerprint density at radius 1 is 1.38 bits per heavy atom. The fraction of sp³-hybridized carbons (Fsp3) is 0.417. The van der Waals surface area contributed by atoms with Crippen molar-refractivity contribution in [2.75, 3.05) is 17.2 Å². The maximum Gasteiger partial charge on any atom is 0.309 e. The molecule has 0 saturated heterocycles. The van der Waals surface area contributed by atoms with E-state index in [2.05, 4.69) is 16.7 Å². The number of rotatable bonds is 3. The lowest BCUT2D eigenvalue weighted by molar-refractivity contribution is -0.143. The first-order valence-electron chi connectivity index (χ1n) is 5.48. The van der Waals surface area contributed by atoms with E-state index in [4.69, 9.17) is 4.74 Å². The fourth-order valence-electron chi connectivity index (χ4n) is 1.80. The predicted octanol–water partition coefficient (Wildman–Crippen LogP) is 2.11. The third-order valence-electron chi connectivity index (χ3n) is 2.51. The highest BCUT2D eigenvalue weighted by Gasteiger charge is 2.22. The molecule has 16 heavy (non-hydrogen) atoms. The molecule has 4 heteroatoms. The summed E-state index contributed by atoms with van der Waals surface area (Å²) in [5.74, 6) is -0.183. The molecule has 0 spiro atoms. The summed E-state index contributed by atoms with van der Waals surface area (Å²) in [6, 6.07) is 6.12. The third-order valence-corrected chi connectivity index (χ3v) is 2.51. The van der Waals surface area contributed by atoms with Gasteiger partial charge in [0.1, 0.15) is 6.17 Å². The lowest BCUT2D eigenvalue weighted by atomic mass is 10.2. The van der Waals surface area contributed by atoms with Crippen molar-refractivity contribution in [2.24, 2.45) is 0 Å². The minimum atomic E-state index is -0.183. The van der Waals surface area contributed by atoms with Crippen molar-refractivity contribution < 1.29 is 9.53 Å². The van der Waals surface area contributed by atoms with Crippen molar-refractivity contribution >= 4 is 17.3 Å². The average molecular weight is 220 g/mol. The molecule has 86 valence electrons. The van der Waals surface area contributed by atoms with Crippen molar-refractivity contribution in [3.8, 4) is 0 Å². The third kappa shape index (κ3) is 2.27. The van der Waals surface area contributed by atoms with Crippen molar-refractivity contribution in [3.63, 3.8) is 0 Å². The van der Waals surface area contributed by atoms with E-state index in [9.17, 15) is 4.79 Å². The second kappa shape index (κ2) is 4.43. The van der Waals surface area contributed by atoms with Gasteiger partial charge in [-0.05, 0) is 31.5 Å². The number of ether oxygens (including phenoxy) is 1. The zero-order valence-electron chi connectivity index (χ0n) is 9.54. The van der Waals surface area contributed by atoms with Crippen molar-refractivity contribution in [1.29, 1.82) is 0 Å². The van der Waals surface area contributed by atoms with Gasteiger partial charge in [0.05, 0.1) is 24.4 Å². The van der Waals surface area contributed by atoms with Gasteiger partial charge in [0.2, 0.25) is 0 Å². The molecule has 0 aliphatic carbocycles. The second-order valence-corrected chi connectivity index (χ2v) is 3.90. The zero-order valence-corrected chi connectivity index (χ0v) is 9.54. The Kier molecular flexibility index (Phi) is 2.99. The van der Waals surface area contributed by atoms with Crippen molar-refractivity contribution in [1.82, 2.24) is 0 Å². The Hall–Kier alpha value is -1.71. The van der Waals surface area contributed by atoms with E-state index in [0.717, 1.165) is 11.4 Å². The van der Waals surface area contributed by atoms with Gasteiger partial charge in [0.25, 0.3) is 0 Å². The molecule has 1 aromatic carbocycles. The van der Waals surface area contributed by atoms with Crippen LogP contribution in [0.3, 0.4) is 0 Å². The van der Waals surface area contributed by atoms with E-state index in [1.807, 2.05) is 26.0 Å². The number of anilines is 2. The number of aryl methyl sites for hydroxylation is 1. The van der Waals surface area contributed by atoms with E-state index in [0.29, 0.717) is 13.0 Å².